The molecule has 5 rings (SSSR count). The number of fused-ring (bicyclic) bond motifs is 5. The average Bonchev–Trinajstić information content (AvgIpc) is 3.28. The number of aliphatic hydroxyl groups is 1. The van der Waals surface area contributed by atoms with Crippen LogP contribution in [0.2, 0.25) is 0 Å². The first-order chi connectivity index (χ1) is 19.8. The van der Waals surface area contributed by atoms with E-state index in [-0.39, 0.29) is 30.6 Å². The Kier molecular flexibility index (Phi) is 8.42. The Morgan fingerprint density at radius 2 is 1.76 bits per heavy atom. The van der Waals surface area contributed by atoms with E-state index in [2.05, 4.69) is 5.32 Å². The number of likely N-dealkylation sites (N-methyl/N-ethyl adjacent to an activating group) is 1. The van der Waals surface area contributed by atoms with Crippen LogP contribution in [0.15, 0.2) is 78.9 Å². The molecule has 0 fully saturated rings. The Morgan fingerprint density at radius 1 is 1.07 bits per heavy atom. The van der Waals surface area contributed by atoms with Crippen molar-refractivity contribution in [2.45, 2.75) is 32.6 Å². The number of para-hydroxylation sites is 2. The van der Waals surface area contributed by atoms with Crippen LogP contribution in [-0.2, 0) is 18.4 Å². The monoisotopic (exact) mass is 554 g/mol. The van der Waals surface area contributed by atoms with Crippen LogP contribution in [0.25, 0.3) is 22.0 Å². The van der Waals surface area contributed by atoms with Crippen molar-refractivity contribution in [3.63, 3.8) is 0 Å². The second-order valence-corrected chi connectivity index (χ2v) is 10.9. The van der Waals surface area contributed by atoms with E-state index >= 15 is 0 Å². The van der Waals surface area contributed by atoms with E-state index in [0.29, 0.717) is 31.1 Å². The molecule has 0 spiro atoms. The van der Waals surface area contributed by atoms with Crippen molar-refractivity contribution >= 4 is 28.5 Å². The van der Waals surface area contributed by atoms with Crippen LogP contribution < -0.4 is 5.32 Å². The maximum absolute atomic E-state index is 14.4. The maximum atomic E-state index is 14.4. The first-order valence-electron chi connectivity index (χ1n) is 14.1. The smallest absolute Gasteiger partial charge is 0.321 e. The molecule has 0 bridgehead atoms. The van der Waals surface area contributed by atoms with E-state index in [1.807, 2.05) is 104 Å². The first-order valence-corrected chi connectivity index (χ1v) is 14.1. The van der Waals surface area contributed by atoms with E-state index in [0.717, 1.165) is 27.6 Å². The Balaban J connectivity index is 1.55. The van der Waals surface area contributed by atoms with Gasteiger partial charge >= 0.3 is 6.03 Å². The first kappa shape index (κ1) is 28.4. The highest BCUT2D eigenvalue weighted by Crippen LogP contribution is 2.38. The van der Waals surface area contributed by atoms with E-state index in [4.69, 9.17) is 4.74 Å². The number of anilines is 1. The number of aromatic nitrogens is 1. The molecule has 2 heterocycles. The zero-order valence-electron chi connectivity index (χ0n) is 24.1. The highest BCUT2D eigenvalue weighted by atomic mass is 16.5. The number of carbonyl (C=O) groups excluding carboxylic acids is 2. The lowest BCUT2D eigenvalue weighted by Gasteiger charge is -2.35. The molecule has 0 aliphatic carbocycles. The number of urea groups is 1. The molecule has 0 saturated heterocycles. The van der Waals surface area contributed by atoms with Gasteiger partial charge in [0.25, 0.3) is 5.91 Å². The number of aliphatic hydroxyl groups excluding tert-OH is 1. The molecule has 8 heteroatoms. The standard InChI is InChI=1S/C33H38N4O4/c1-22-18-37(23(2)20-38)32(39)31-30(27-16-10-11-17-28(27)36(31)4)26-15-9-8-12-24(26)21-41-29(22)19-35(3)33(40)34-25-13-6-5-7-14-25/h5-17,22-23,29,38H,18-21H2,1-4H3,(H,34,40)/t22-,23-,29-/m0/s1. The lowest BCUT2D eigenvalue weighted by molar-refractivity contribution is -0.0179. The minimum Gasteiger partial charge on any atom is -0.394 e. The van der Waals surface area contributed by atoms with E-state index in [1.54, 1.807) is 16.8 Å². The Morgan fingerprint density at radius 3 is 2.51 bits per heavy atom. The molecule has 1 aromatic heterocycles. The van der Waals surface area contributed by atoms with Crippen molar-refractivity contribution in [1.82, 2.24) is 14.4 Å². The molecule has 0 saturated carbocycles. The number of benzene rings is 3. The second kappa shape index (κ2) is 12.2. The van der Waals surface area contributed by atoms with Gasteiger partial charge in [0.1, 0.15) is 5.69 Å². The Labute approximate surface area is 241 Å². The third-order valence-electron chi connectivity index (χ3n) is 8.05. The van der Waals surface area contributed by atoms with Crippen molar-refractivity contribution in [3.05, 3.63) is 90.1 Å². The molecule has 3 amide bonds. The van der Waals surface area contributed by atoms with Crippen LogP contribution in [0.5, 0.6) is 0 Å². The fourth-order valence-electron chi connectivity index (χ4n) is 5.62. The number of hydrogen-bond acceptors (Lipinski definition) is 4. The number of nitrogens with zero attached hydrogens (tertiary/aromatic N) is 3. The highest BCUT2D eigenvalue weighted by Gasteiger charge is 2.34. The van der Waals surface area contributed by atoms with Gasteiger partial charge in [0.15, 0.2) is 0 Å². The molecule has 3 aromatic carbocycles. The van der Waals surface area contributed by atoms with Gasteiger partial charge in [-0.25, -0.2) is 4.79 Å². The molecule has 1 aliphatic heterocycles. The van der Waals surface area contributed by atoms with E-state index < -0.39 is 6.04 Å². The number of ether oxygens (including phenoxy) is 1. The molecule has 0 unspecified atom stereocenters. The zero-order valence-corrected chi connectivity index (χ0v) is 24.1. The second-order valence-electron chi connectivity index (χ2n) is 10.9. The van der Waals surface area contributed by atoms with Crippen LogP contribution in [-0.4, -0.2) is 70.3 Å². The van der Waals surface area contributed by atoms with Crippen molar-refractivity contribution in [2.24, 2.45) is 13.0 Å². The molecule has 8 nitrogen and oxygen atoms in total. The third-order valence-corrected chi connectivity index (χ3v) is 8.05. The molecular weight excluding hydrogens is 516 g/mol. The summed E-state index contributed by atoms with van der Waals surface area (Å²) in [6.07, 6.45) is -0.367. The predicted octanol–water partition coefficient (Wildman–Crippen LogP) is 5.37. The van der Waals surface area contributed by atoms with Crippen LogP contribution in [0.4, 0.5) is 10.5 Å². The van der Waals surface area contributed by atoms with Gasteiger partial charge in [0.2, 0.25) is 0 Å². The third kappa shape index (κ3) is 5.71. The largest absolute Gasteiger partial charge is 0.394 e. The lowest BCUT2D eigenvalue weighted by Crippen LogP contribution is -2.48. The molecular formula is C33H38N4O4. The van der Waals surface area contributed by atoms with Crippen LogP contribution in [0, 0.1) is 5.92 Å². The van der Waals surface area contributed by atoms with Crippen molar-refractivity contribution in [2.75, 3.05) is 32.1 Å². The quantitative estimate of drug-likeness (QED) is 0.347. The number of nitrogens with one attached hydrogen (secondary N) is 1. The summed E-state index contributed by atoms with van der Waals surface area (Å²) in [5.74, 6) is -0.277. The zero-order chi connectivity index (χ0) is 29.1. The van der Waals surface area contributed by atoms with E-state index in [9.17, 15) is 14.7 Å². The summed E-state index contributed by atoms with van der Waals surface area (Å²) < 4.78 is 8.55. The van der Waals surface area contributed by atoms with E-state index in [1.165, 1.54) is 0 Å². The topological polar surface area (TPSA) is 87.0 Å². The minimum absolute atomic E-state index is 0.136. The molecule has 41 heavy (non-hydrogen) atoms. The lowest BCUT2D eigenvalue weighted by atomic mass is 9.96. The number of amides is 3. The van der Waals surface area contributed by atoms with Gasteiger partial charge in [-0.15, -0.1) is 0 Å². The summed E-state index contributed by atoms with van der Waals surface area (Å²) in [6.45, 7) is 4.73. The minimum atomic E-state index is -0.411. The van der Waals surface area contributed by atoms with Crippen LogP contribution in [0.3, 0.4) is 0 Å². The summed E-state index contributed by atoms with van der Waals surface area (Å²) in [5, 5.41) is 14.1. The van der Waals surface area contributed by atoms with Gasteiger partial charge in [-0.2, -0.15) is 0 Å². The fourth-order valence-corrected chi connectivity index (χ4v) is 5.62. The van der Waals surface area contributed by atoms with Gasteiger partial charge in [-0.3, -0.25) is 4.79 Å². The fraction of sp³-hybridized carbons (Fsp3) is 0.333. The van der Waals surface area contributed by atoms with Crippen LogP contribution >= 0.6 is 0 Å². The number of aryl methyl sites for hydroxylation is 1. The molecule has 3 atom stereocenters. The van der Waals surface area contributed by atoms with Gasteiger partial charge in [-0.1, -0.05) is 67.6 Å². The van der Waals surface area contributed by atoms with Gasteiger partial charge < -0.3 is 29.5 Å². The van der Waals surface area contributed by atoms with Crippen LogP contribution in [0.1, 0.15) is 29.9 Å². The van der Waals surface area contributed by atoms with Crippen molar-refractivity contribution in [1.29, 1.82) is 0 Å². The Bertz CT molecular complexity index is 1530. The van der Waals surface area contributed by atoms with Crippen molar-refractivity contribution < 1.29 is 19.4 Å². The van der Waals surface area contributed by atoms with Gasteiger partial charge in [0.05, 0.1) is 25.4 Å². The number of carbonyl (C=O) groups is 2. The molecule has 0 radical (unpaired) electrons. The number of hydrogen-bond donors (Lipinski definition) is 2. The summed E-state index contributed by atoms with van der Waals surface area (Å²) in [6, 6.07) is 24.7. The van der Waals surface area contributed by atoms with Gasteiger partial charge in [-0.05, 0) is 36.2 Å². The maximum Gasteiger partial charge on any atom is 0.321 e. The SMILES string of the molecule is C[C@H]1CN([C@@H](C)CO)C(=O)c2c(c3ccccc3n2C)-c2ccccc2CO[C@H]1CN(C)C(=O)Nc1ccccc1. The highest BCUT2D eigenvalue weighted by molar-refractivity contribution is 6.10. The van der Waals surface area contributed by atoms with Gasteiger partial charge in [0, 0.05) is 55.3 Å². The molecule has 4 aromatic rings. The molecule has 2 N–H and O–H groups in total. The summed E-state index contributed by atoms with van der Waals surface area (Å²) in [5.41, 5.74) is 5.04. The number of rotatable bonds is 5. The van der Waals surface area contributed by atoms with Crippen molar-refractivity contribution in [3.8, 4) is 11.1 Å². The average molecular weight is 555 g/mol. The summed E-state index contributed by atoms with van der Waals surface area (Å²) >= 11 is 0. The molecule has 214 valence electrons. The molecule has 1 aliphatic rings. The Hall–Kier alpha value is -4.14. The summed E-state index contributed by atoms with van der Waals surface area (Å²) in [7, 11) is 3.67. The normalized spacial score (nSPS) is 18.3. The summed E-state index contributed by atoms with van der Waals surface area (Å²) in [4.78, 5) is 30.8. The predicted molar refractivity (Wildman–Crippen MR) is 162 cm³/mol.